The SMILES string of the molecule is CC(C)(C)c1cc(NC(=O)c2cc(Cl)ccc2F)n[nH]1. The minimum atomic E-state index is -0.626. The van der Waals surface area contributed by atoms with E-state index in [0.29, 0.717) is 10.8 Å². The Kier molecular flexibility index (Phi) is 3.81. The molecule has 2 rings (SSSR count). The zero-order valence-corrected chi connectivity index (χ0v) is 12.2. The quantitative estimate of drug-likeness (QED) is 0.886. The van der Waals surface area contributed by atoms with Gasteiger partial charge >= 0.3 is 0 Å². The number of benzene rings is 1. The van der Waals surface area contributed by atoms with Crippen LogP contribution in [0.5, 0.6) is 0 Å². The molecule has 1 amide bonds. The van der Waals surface area contributed by atoms with Crippen LogP contribution in [-0.2, 0) is 5.41 Å². The van der Waals surface area contributed by atoms with Gasteiger partial charge in [-0.25, -0.2) is 4.39 Å². The number of hydrogen-bond donors (Lipinski definition) is 2. The maximum absolute atomic E-state index is 13.6. The van der Waals surface area contributed by atoms with Crippen molar-refractivity contribution in [2.24, 2.45) is 0 Å². The second-order valence-electron chi connectivity index (χ2n) is 5.50. The zero-order valence-electron chi connectivity index (χ0n) is 11.4. The van der Waals surface area contributed by atoms with Crippen molar-refractivity contribution in [1.82, 2.24) is 10.2 Å². The molecule has 0 spiro atoms. The van der Waals surface area contributed by atoms with Crippen LogP contribution in [0.25, 0.3) is 0 Å². The highest BCUT2D eigenvalue weighted by molar-refractivity contribution is 6.31. The summed E-state index contributed by atoms with van der Waals surface area (Å²) in [6.07, 6.45) is 0. The van der Waals surface area contributed by atoms with Crippen molar-refractivity contribution < 1.29 is 9.18 Å². The molecule has 2 N–H and O–H groups in total. The van der Waals surface area contributed by atoms with E-state index >= 15 is 0 Å². The van der Waals surface area contributed by atoms with E-state index in [1.54, 1.807) is 6.07 Å². The first kappa shape index (κ1) is 14.5. The second-order valence-corrected chi connectivity index (χ2v) is 5.93. The van der Waals surface area contributed by atoms with Crippen LogP contribution in [0.3, 0.4) is 0 Å². The van der Waals surface area contributed by atoms with Gasteiger partial charge in [0.2, 0.25) is 0 Å². The van der Waals surface area contributed by atoms with Gasteiger partial charge in [0.05, 0.1) is 5.56 Å². The number of carbonyl (C=O) groups is 1. The number of amides is 1. The molecule has 0 saturated carbocycles. The highest BCUT2D eigenvalue weighted by atomic mass is 35.5. The minimum absolute atomic E-state index is 0.113. The van der Waals surface area contributed by atoms with Crippen LogP contribution >= 0.6 is 11.6 Å². The van der Waals surface area contributed by atoms with E-state index in [1.807, 2.05) is 20.8 Å². The number of carbonyl (C=O) groups excluding carboxylic acids is 1. The maximum atomic E-state index is 13.6. The van der Waals surface area contributed by atoms with Crippen molar-refractivity contribution in [3.63, 3.8) is 0 Å². The van der Waals surface area contributed by atoms with Gasteiger partial charge in [0.15, 0.2) is 5.82 Å². The molecule has 1 heterocycles. The predicted octanol–water partition coefficient (Wildman–Crippen LogP) is 3.75. The Hall–Kier alpha value is -1.88. The molecule has 0 aliphatic heterocycles. The average molecular weight is 296 g/mol. The van der Waals surface area contributed by atoms with Crippen molar-refractivity contribution >= 4 is 23.3 Å². The Morgan fingerprint density at radius 2 is 2.05 bits per heavy atom. The van der Waals surface area contributed by atoms with Gasteiger partial charge in [-0.15, -0.1) is 0 Å². The molecule has 6 heteroatoms. The molecule has 2 aromatic rings. The fourth-order valence-electron chi connectivity index (χ4n) is 1.63. The van der Waals surface area contributed by atoms with Crippen LogP contribution in [0.15, 0.2) is 24.3 Å². The molecule has 0 atom stereocenters. The van der Waals surface area contributed by atoms with Gasteiger partial charge in [-0.1, -0.05) is 32.4 Å². The number of aromatic nitrogens is 2. The number of nitrogens with zero attached hydrogens (tertiary/aromatic N) is 1. The Labute approximate surface area is 121 Å². The molecule has 0 fully saturated rings. The molecule has 0 saturated heterocycles. The van der Waals surface area contributed by atoms with E-state index in [2.05, 4.69) is 15.5 Å². The summed E-state index contributed by atoms with van der Waals surface area (Å²) in [7, 11) is 0. The number of aromatic amines is 1. The van der Waals surface area contributed by atoms with Crippen molar-refractivity contribution in [3.8, 4) is 0 Å². The number of hydrogen-bond acceptors (Lipinski definition) is 2. The van der Waals surface area contributed by atoms with Crippen molar-refractivity contribution in [2.45, 2.75) is 26.2 Å². The third-order valence-corrected chi connectivity index (χ3v) is 3.04. The predicted molar refractivity (Wildman–Crippen MR) is 76.7 cm³/mol. The maximum Gasteiger partial charge on any atom is 0.259 e. The standard InChI is InChI=1S/C14H15ClFN3O/c1-14(2,3)11-7-12(19-18-11)17-13(20)9-6-8(15)4-5-10(9)16/h4-7H,1-3H3,(H2,17,18,19,20). The van der Waals surface area contributed by atoms with Gasteiger partial charge in [-0.3, -0.25) is 9.89 Å². The summed E-state index contributed by atoms with van der Waals surface area (Å²) < 4.78 is 13.6. The van der Waals surface area contributed by atoms with Gasteiger partial charge in [0.1, 0.15) is 5.82 Å². The second kappa shape index (κ2) is 5.25. The zero-order chi connectivity index (χ0) is 14.9. The Morgan fingerprint density at radius 3 is 2.65 bits per heavy atom. The molecular formula is C14H15ClFN3O. The monoisotopic (exact) mass is 295 g/mol. The summed E-state index contributed by atoms with van der Waals surface area (Å²) >= 11 is 5.76. The highest BCUT2D eigenvalue weighted by Crippen LogP contribution is 2.22. The first-order valence-corrected chi connectivity index (χ1v) is 6.47. The summed E-state index contributed by atoms with van der Waals surface area (Å²) in [6, 6.07) is 5.55. The van der Waals surface area contributed by atoms with E-state index < -0.39 is 11.7 Å². The summed E-state index contributed by atoms with van der Waals surface area (Å²) in [5, 5.41) is 9.67. The van der Waals surface area contributed by atoms with Crippen LogP contribution in [-0.4, -0.2) is 16.1 Å². The first-order valence-electron chi connectivity index (χ1n) is 6.09. The lowest BCUT2D eigenvalue weighted by Crippen LogP contribution is -2.14. The van der Waals surface area contributed by atoms with Crippen LogP contribution in [0.4, 0.5) is 10.2 Å². The molecular weight excluding hydrogens is 281 g/mol. The molecule has 0 aliphatic rings. The van der Waals surface area contributed by atoms with E-state index in [-0.39, 0.29) is 11.0 Å². The molecule has 4 nitrogen and oxygen atoms in total. The summed E-state index contributed by atoms with van der Waals surface area (Å²) in [5.41, 5.74) is 0.647. The third-order valence-electron chi connectivity index (χ3n) is 2.80. The lowest BCUT2D eigenvalue weighted by Gasteiger charge is -2.14. The smallest absolute Gasteiger partial charge is 0.259 e. The van der Waals surface area contributed by atoms with E-state index in [1.165, 1.54) is 12.1 Å². The highest BCUT2D eigenvalue weighted by Gasteiger charge is 2.18. The van der Waals surface area contributed by atoms with Gasteiger partial charge in [0.25, 0.3) is 5.91 Å². The van der Waals surface area contributed by atoms with Crippen molar-refractivity contribution in [3.05, 3.63) is 46.4 Å². The van der Waals surface area contributed by atoms with E-state index in [4.69, 9.17) is 11.6 Å². The molecule has 0 aliphatic carbocycles. The van der Waals surface area contributed by atoms with Gasteiger partial charge < -0.3 is 5.32 Å². The summed E-state index contributed by atoms with van der Waals surface area (Å²) in [5.74, 6) is -0.866. The number of halogens is 2. The fourth-order valence-corrected chi connectivity index (χ4v) is 1.80. The lowest BCUT2D eigenvalue weighted by molar-refractivity contribution is 0.102. The number of H-pyrrole nitrogens is 1. The van der Waals surface area contributed by atoms with Crippen molar-refractivity contribution in [1.29, 1.82) is 0 Å². The van der Waals surface area contributed by atoms with Crippen LogP contribution in [0.1, 0.15) is 36.8 Å². The Morgan fingerprint density at radius 1 is 1.35 bits per heavy atom. The lowest BCUT2D eigenvalue weighted by atomic mass is 9.92. The Bertz CT molecular complexity index is 646. The van der Waals surface area contributed by atoms with Gasteiger partial charge in [0, 0.05) is 22.2 Å². The number of nitrogens with one attached hydrogen (secondary N) is 2. The van der Waals surface area contributed by atoms with Gasteiger partial charge in [-0.05, 0) is 18.2 Å². The molecule has 106 valence electrons. The van der Waals surface area contributed by atoms with Crippen molar-refractivity contribution in [2.75, 3.05) is 5.32 Å². The first-order chi connectivity index (χ1) is 9.27. The van der Waals surface area contributed by atoms with Crippen LogP contribution < -0.4 is 5.32 Å². The largest absolute Gasteiger partial charge is 0.305 e. The molecule has 20 heavy (non-hydrogen) atoms. The topological polar surface area (TPSA) is 57.8 Å². The fraction of sp³-hybridized carbons (Fsp3) is 0.286. The molecule has 1 aromatic heterocycles. The average Bonchev–Trinajstić information content (AvgIpc) is 2.80. The van der Waals surface area contributed by atoms with Crippen LogP contribution in [0.2, 0.25) is 5.02 Å². The molecule has 0 bridgehead atoms. The van der Waals surface area contributed by atoms with E-state index in [9.17, 15) is 9.18 Å². The molecule has 0 unspecified atom stereocenters. The normalized spacial score (nSPS) is 11.4. The Balaban J connectivity index is 2.20. The van der Waals surface area contributed by atoms with Crippen LogP contribution in [0, 0.1) is 5.82 Å². The number of rotatable bonds is 2. The third kappa shape index (κ3) is 3.17. The number of anilines is 1. The molecule has 0 radical (unpaired) electrons. The van der Waals surface area contributed by atoms with E-state index in [0.717, 1.165) is 11.8 Å². The summed E-state index contributed by atoms with van der Waals surface area (Å²) in [6.45, 7) is 6.05. The van der Waals surface area contributed by atoms with Gasteiger partial charge in [-0.2, -0.15) is 5.10 Å². The molecule has 1 aromatic carbocycles. The minimum Gasteiger partial charge on any atom is -0.305 e. The summed E-state index contributed by atoms with van der Waals surface area (Å²) in [4.78, 5) is 12.0.